The van der Waals surface area contributed by atoms with E-state index in [1.54, 1.807) is 36.5 Å². The van der Waals surface area contributed by atoms with Crippen LogP contribution in [0.5, 0.6) is 11.6 Å². The van der Waals surface area contributed by atoms with E-state index in [1.807, 2.05) is 38.1 Å². The SMILES string of the molecule is CCCNC(=O)c1cccc(Oc2ccnc(-c3ccc(C)cc3)n2)c1. The zero-order chi connectivity index (χ0) is 18.4. The van der Waals surface area contributed by atoms with Crippen molar-refractivity contribution in [2.45, 2.75) is 20.3 Å². The van der Waals surface area contributed by atoms with Gasteiger partial charge in [0.1, 0.15) is 5.75 Å². The highest BCUT2D eigenvalue weighted by Gasteiger charge is 2.08. The smallest absolute Gasteiger partial charge is 0.251 e. The van der Waals surface area contributed by atoms with E-state index in [0.29, 0.717) is 29.6 Å². The van der Waals surface area contributed by atoms with Gasteiger partial charge in [0.05, 0.1) is 0 Å². The summed E-state index contributed by atoms with van der Waals surface area (Å²) in [6, 6.07) is 16.7. The summed E-state index contributed by atoms with van der Waals surface area (Å²) in [5.74, 6) is 1.48. The molecule has 0 radical (unpaired) electrons. The molecule has 0 saturated carbocycles. The number of nitrogens with zero attached hydrogens (tertiary/aromatic N) is 2. The lowest BCUT2D eigenvalue weighted by atomic mass is 10.1. The predicted octanol–water partition coefficient (Wildman–Crippen LogP) is 4.38. The standard InChI is InChI=1S/C21H21N3O2/c1-3-12-23-21(25)17-5-4-6-18(14-17)26-19-11-13-22-20(24-19)16-9-7-15(2)8-10-16/h4-11,13-14H,3,12H2,1-2H3,(H,23,25). The first-order valence-corrected chi connectivity index (χ1v) is 8.62. The molecule has 1 N–H and O–H groups in total. The zero-order valence-electron chi connectivity index (χ0n) is 14.9. The first-order chi connectivity index (χ1) is 12.7. The Morgan fingerprint density at radius 2 is 1.92 bits per heavy atom. The largest absolute Gasteiger partial charge is 0.439 e. The number of aryl methyl sites for hydroxylation is 1. The number of hydrogen-bond acceptors (Lipinski definition) is 4. The third-order valence-corrected chi connectivity index (χ3v) is 3.79. The monoisotopic (exact) mass is 347 g/mol. The average Bonchev–Trinajstić information content (AvgIpc) is 2.67. The molecule has 1 aromatic heterocycles. The lowest BCUT2D eigenvalue weighted by molar-refractivity contribution is 0.0953. The molecule has 132 valence electrons. The van der Waals surface area contributed by atoms with E-state index in [4.69, 9.17) is 4.74 Å². The lowest BCUT2D eigenvalue weighted by Crippen LogP contribution is -2.23. The van der Waals surface area contributed by atoms with Crippen LogP contribution in [0.1, 0.15) is 29.3 Å². The van der Waals surface area contributed by atoms with Crippen molar-refractivity contribution in [3.63, 3.8) is 0 Å². The maximum Gasteiger partial charge on any atom is 0.251 e. The summed E-state index contributed by atoms with van der Waals surface area (Å²) in [7, 11) is 0. The Bertz CT molecular complexity index is 892. The Balaban J connectivity index is 1.78. The molecule has 0 aliphatic heterocycles. The van der Waals surface area contributed by atoms with E-state index >= 15 is 0 Å². The molecule has 2 aromatic carbocycles. The molecule has 0 spiro atoms. The van der Waals surface area contributed by atoms with Gasteiger partial charge in [-0.1, -0.05) is 42.8 Å². The Labute approximate surface area is 153 Å². The van der Waals surface area contributed by atoms with E-state index in [2.05, 4.69) is 15.3 Å². The normalized spacial score (nSPS) is 10.4. The summed E-state index contributed by atoms with van der Waals surface area (Å²) in [4.78, 5) is 20.8. The fourth-order valence-electron chi connectivity index (χ4n) is 2.40. The Kier molecular flexibility index (Phi) is 5.59. The summed E-state index contributed by atoms with van der Waals surface area (Å²) in [5.41, 5.74) is 2.66. The van der Waals surface area contributed by atoms with Crippen LogP contribution in [0.4, 0.5) is 0 Å². The van der Waals surface area contributed by atoms with Crippen molar-refractivity contribution in [3.05, 3.63) is 71.9 Å². The summed E-state index contributed by atoms with van der Waals surface area (Å²) in [6.45, 7) is 4.70. The van der Waals surface area contributed by atoms with Crippen LogP contribution in [0.3, 0.4) is 0 Å². The minimum atomic E-state index is -0.111. The number of ether oxygens (including phenoxy) is 1. The van der Waals surface area contributed by atoms with Crippen LogP contribution < -0.4 is 10.1 Å². The second-order valence-corrected chi connectivity index (χ2v) is 5.97. The van der Waals surface area contributed by atoms with Crippen molar-refractivity contribution in [3.8, 4) is 23.0 Å². The molecule has 26 heavy (non-hydrogen) atoms. The fourth-order valence-corrected chi connectivity index (χ4v) is 2.40. The van der Waals surface area contributed by atoms with Gasteiger partial charge in [0.15, 0.2) is 5.82 Å². The van der Waals surface area contributed by atoms with Gasteiger partial charge >= 0.3 is 0 Å². The maximum absolute atomic E-state index is 12.1. The third-order valence-electron chi connectivity index (χ3n) is 3.79. The second kappa shape index (κ2) is 8.25. The van der Waals surface area contributed by atoms with E-state index in [0.717, 1.165) is 12.0 Å². The number of nitrogens with one attached hydrogen (secondary N) is 1. The lowest BCUT2D eigenvalue weighted by Gasteiger charge is -2.08. The second-order valence-electron chi connectivity index (χ2n) is 5.97. The van der Waals surface area contributed by atoms with Crippen LogP contribution in [0.15, 0.2) is 60.8 Å². The van der Waals surface area contributed by atoms with Gasteiger partial charge in [-0.3, -0.25) is 4.79 Å². The van der Waals surface area contributed by atoms with Crippen LogP contribution in [0, 0.1) is 6.92 Å². The highest BCUT2D eigenvalue weighted by Crippen LogP contribution is 2.23. The average molecular weight is 347 g/mol. The van der Waals surface area contributed by atoms with E-state index in [9.17, 15) is 4.79 Å². The van der Waals surface area contributed by atoms with E-state index in [1.165, 1.54) is 5.56 Å². The molecule has 0 bridgehead atoms. The summed E-state index contributed by atoms with van der Waals surface area (Å²) in [6.07, 6.45) is 2.56. The number of amides is 1. The molecular formula is C21H21N3O2. The highest BCUT2D eigenvalue weighted by molar-refractivity contribution is 5.94. The van der Waals surface area contributed by atoms with Gasteiger partial charge in [0, 0.05) is 29.9 Å². The summed E-state index contributed by atoms with van der Waals surface area (Å²) >= 11 is 0. The minimum Gasteiger partial charge on any atom is -0.439 e. The molecule has 0 fully saturated rings. The molecule has 1 heterocycles. The van der Waals surface area contributed by atoms with Gasteiger partial charge < -0.3 is 10.1 Å². The molecule has 0 aliphatic carbocycles. The topological polar surface area (TPSA) is 64.1 Å². The van der Waals surface area contributed by atoms with Crippen molar-refractivity contribution >= 4 is 5.91 Å². The molecule has 0 aliphatic rings. The van der Waals surface area contributed by atoms with Crippen LogP contribution in [0.2, 0.25) is 0 Å². The van der Waals surface area contributed by atoms with Gasteiger partial charge in [-0.05, 0) is 31.5 Å². The molecule has 5 nitrogen and oxygen atoms in total. The molecule has 0 unspecified atom stereocenters. The molecule has 3 rings (SSSR count). The highest BCUT2D eigenvalue weighted by atomic mass is 16.5. The third kappa shape index (κ3) is 4.45. The Morgan fingerprint density at radius 3 is 2.69 bits per heavy atom. The van der Waals surface area contributed by atoms with Gasteiger partial charge in [0.25, 0.3) is 5.91 Å². The van der Waals surface area contributed by atoms with Crippen LogP contribution in [0.25, 0.3) is 11.4 Å². The van der Waals surface area contributed by atoms with Crippen molar-refractivity contribution < 1.29 is 9.53 Å². The van der Waals surface area contributed by atoms with E-state index < -0.39 is 0 Å². The maximum atomic E-state index is 12.1. The molecular weight excluding hydrogens is 326 g/mol. The molecule has 3 aromatic rings. The predicted molar refractivity (Wildman–Crippen MR) is 101 cm³/mol. The Hall–Kier alpha value is -3.21. The number of carbonyl (C=O) groups excluding carboxylic acids is 1. The van der Waals surface area contributed by atoms with Crippen molar-refractivity contribution in [1.29, 1.82) is 0 Å². The van der Waals surface area contributed by atoms with Crippen molar-refractivity contribution in [2.75, 3.05) is 6.54 Å². The quantitative estimate of drug-likeness (QED) is 0.718. The summed E-state index contributed by atoms with van der Waals surface area (Å²) < 4.78 is 5.83. The first kappa shape index (κ1) is 17.6. The van der Waals surface area contributed by atoms with E-state index in [-0.39, 0.29) is 5.91 Å². The number of hydrogen-bond donors (Lipinski definition) is 1. The fraction of sp³-hybridized carbons (Fsp3) is 0.190. The molecule has 0 atom stereocenters. The van der Waals surface area contributed by atoms with Crippen LogP contribution >= 0.6 is 0 Å². The van der Waals surface area contributed by atoms with Crippen molar-refractivity contribution in [2.24, 2.45) is 0 Å². The number of benzene rings is 2. The number of rotatable bonds is 6. The van der Waals surface area contributed by atoms with Crippen LogP contribution in [-0.2, 0) is 0 Å². The van der Waals surface area contributed by atoms with Gasteiger partial charge in [-0.2, -0.15) is 4.98 Å². The van der Waals surface area contributed by atoms with Crippen molar-refractivity contribution in [1.82, 2.24) is 15.3 Å². The van der Waals surface area contributed by atoms with Crippen LogP contribution in [-0.4, -0.2) is 22.4 Å². The number of carbonyl (C=O) groups is 1. The Morgan fingerprint density at radius 1 is 1.12 bits per heavy atom. The van der Waals surface area contributed by atoms with Gasteiger partial charge in [0.2, 0.25) is 5.88 Å². The molecule has 1 amide bonds. The van der Waals surface area contributed by atoms with Gasteiger partial charge in [-0.15, -0.1) is 0 Å². The first-order valence-electron chi connectivity index (χ1n) is 8.62. The molecule has 0 saturated heterocycles. The number of aromatic nitrogens is 2. The van der Waals surface area contributed by atoms with Gasteiger partial charge in [-0.25, -0.2) is 4.98 Å². The summed E-state index contributed by atoms with van der Waals surface area (Å²) in [5, 5.41) is 2.85. The molecule has 5 heteroatoms. The minimum absolute atomic E-state index is 0.111. The zero-order valence-corrected chi connectivity index (χ0v) is 14.9.